The van der Waals surface area contributed by atoms with Crippen molar-refractivity contribution < 1.29 is 17.9 Å². The molecule has 0 aliphatic rings. The first-order valence-electron chi connectivity index (χ1n) is 4.02. The number of aromatic nitrogens is 1. The largest absolute Gasteiger partial charge is 0.574 e. The molecule has 15 heavy (non-hydrogen) atoms. The standard InChI is InChI=1S/C8H9F3N2O2/c1-4-5(3-12)6(14)2-7(13-4)15-8(9,10)11/h2H,3,12H2,1H3,(H,13,14). The fourth-order valence-corrected chi connectivity index (χ4v) is 1.12. The number of rotatable bonds is 2. The Labute approximate surface area is 82.9 Å². The van der Waals surface area contributed by atoms with Crippen LogP contribution in [0.25, 0.3) is 0 Å². The SMILES string of the molecule is Cc1[nH]c(OC(F)(F)F)cc(=O)c1CN. The summed E-state index contributed by atoms with van der Waals surface area (Å²) in [6.07, 6.45) is -4.82. The molecule has 84 valence electrons. The summed E-state index contributed by atoms with van der Waals surface area (Å²) in [5.74, 6) is -0.637. The fourth-order valence-electron chi connectivity index (χ4n) is 1.12. The molecule has 3 N–H and O–H groups in total. The lowest BCUT2D eigenvalue weighted by Gasteiger charge is -2.10. The first-order chi connectivity index (χ1) is 6.83. The zero-order valence-corrected chi connectivity index (χ0v) is 7.81. The summed E-state index contributed by atoms with van der Waals surface area (Å²) in [6, 6.07) is 0.725. The van der Waals surface area contributed by atoms with Crippen LogP contribution in [0.2, 0.25) is 0 Å². The normalized spacial score (nSPS) is 11.5. The molecule has 1 rings (SSSR count). The predicted octanol–water partition coefficient (Wildman–Crippen LogP) is 1.04. The highest BCUT2D eigenvalue weighted by molar-refractivity contribution is 5.25. The van der Waals surface area contributed by atoms with Crippen molar-refractivity contribution >= 4 is 0 Å². The van der Waals surface area contributed by atoms with Crippen LogP contribution in [0.5, 0.6) is 5.88 Å². The Morgan fingerprint density at radius 3 is 2.53 bits per heavy atom. The zero-order valence-electron chi connectivity index (χ0n) is 7.81. The van der Waals surface area contributed by atoms with Gasteiger partial charge in [0.15, 0.2) is 5.43 Å². The average molecular weight is 222 g/mol. The third kappa shape index (κ3) is 2.98. The van der Waals surface area contributed by atoms with Crippen LogP contribution in [0.15, 0.2) is 10.9 Å². The first kappa shape index (κ1) is 11.6. The molecular weight excluding hydrogens is 213 g/mol. The van der Waals surface area contributed by atoms with E-state index < -0.39 is 17.7 Å². The van der Waals surface area contributed by atoms with Gasteiger partial charge in [-0.1, -0.05) is 0 Å². The van der Waals surface area contributed by atoms with Crippen LogP contribution in [0.1, 0.15) is 11.3 Å². The summed E-state index contributed by atoms with van der Waals surface area (Å²) in [5.41, 5.74) is 5.18. The predicted molar refractivity (Wildman–Crippen MR) is 46.4 cm³/mol. The van der Waals surface area contributed by atoms with E-state index in [0.717, 1.165) is 6.07 Å². The van der Waals surface area contributed by atoms with E-state index in [2.05, 4.69) is 9.72 Å². The number of alkyl halides is 3. The first-order valence-corrected chi connectivity index (χ1v) is 4.02. The van der Waals surface area contributed by atoms with Crippen molar-refractivity contribution in [1.82, 2.24) is 4.98 Å². The summed E-state index contributed by atoms with van der Waals surface area (Å²) in [7, 11) is 0. The summed E-state index contributed by atoms with van der Waals surface area (Å²) in [6.45, 7) is 1.42. The molecule has 0 aliphatic heterocycles. The average Bonchev–Trinajstić information content (AvgIpc) is 1.99. The zero-order chi connectivity index (χ0) is 11.6. The van der Waals surface area contributed by atoms with Crippen LogP contribution in [-0.2, 0) is 6.54 Å². The third-order valence-corrected chi connectivity index (χ3v) is 1.75. The van der Waals surface area contributed by atoms with Gasteiger partial charge in [-0.25, -0.2) is 0 Å². The maximum Gasteiger partial charge on any atom is 0.574 e. The summed E-state index contributed by atoms with van der Waals surface area (Å²) in [4.78, 5) is 13.5. The number of pyridine rings is 1. The number of nitrogens with two attached hydrogens (primary N) is 1. The lowest BCUT2D eigenvalue weighted by atomic mass is 10.2. The Balaban J connectivity index is 3.10. The van der Waals surface area contributed by atoms with Gasteiger partial charge in [0.25, 0.3) is 0 Å². The van der Waals surface area contributed by atoms with Crippen molar-refractivity contribution in [3.63, 3.8) is 0 Å². The number of aromatic amines is 1. The number of aryl methyl sites for hydroxylation is 1. The number of halogens is 3. The van der Waals surface area contributed by atoms with Gasteiger partial charge in [-0.3, -0.25) is 4.79 Å². The van der Waals surface area contributed by atoms with Crippen LogP contribution in [0.3, 0.4) is 0 Å². The lowest BCUT2D eigenvalue weighted by Crippen LogP contribution is -2.22. The molecule has 7 heteroatoms. The van der Waals surface area contributed by atoms with Gasteiger partial charge in [-0.2, -0.15) is 0 Å². The topological polar surface area (TPSA) is 68.1 Å². The van der Waals surface area contributed by atoms with Crippen LogP contribution < -0.4 is 15.9 Å². The molecule has 0 aliphatic carbocycles. The molecule has 4 nitrogen and oxygen atoms in total. The summed E-state index contributed by atoms with van der Waals surface area (Å²) < 4.78 is 39.0. The molecule has 0 amide bonds. The molecule has 1 aromatic heterocycles. The molecule has 1 heterocycles. The number of hydrogen-bond donors (Lipinski definition) is 2. The highest BCUT2D eigenvalue weighted by atomic mass is 19.4. The molecule has 1 aromatic rings. The Bertz CT molecular complexity index is 411. The second-order valence-electron chi connectivity index (χ2n) is 2.85. The van der Waals surface area contributed by atoms with Crippen molar-refractivity contribution in [2.45, 2.75) is 19.8 Å². The molecule has 0 aromatic carbocycles. The van der Waals surface area contributed by atoms with Crippen molar-refractivity contribution in [3.8, 4) is 5.88 Å². The second-order valence-corrected chi connectivity index (χ2v) is 2.85. The minimum Gasteiger partial charge on any atom is -0.390 e. The van der Waals surface area contributed by atoms with Gasteiger partial charge in [-0.05, 0) is 6.92 Å². The van der Waals surface area contributed by atoms with E-state index in [1.165, 1.54) is 6.92 Å². The monoisotopic (exact) mass is 222 g/mol. The number of ether oxygens (including phenoxy) is 1. The van der Waals surface area contributed by atoms with E-state index in [4.69, 9.17) is 5.73 Å². The highest BCUT2D eigenvalue weighted by Crippen LogP contribution is 2.20. The molecule has 0 bridgehead atoms. The van der Waals surface area contributed by atoms with E-state index in [1.807, 2.05) is 0 Å². The Morgan fingerprint density at radius 1 is 1.53 bits per heavy atom. The van der Waals surface area contributed by atoms with Crippen molar-refractivity contribution in [2.24, 2.45) is 5.73 Å². The van der Waals surface area contributed by atoms with E-state index in [0.29, 0.717) is 0 Å². The van der Waals surface area contributed by atoms with Crippen molar-refractivity contribution in [2.75, 3.05) is 0 Å². The van der Waals surface area contributed by atoms with Gasteiger partial charge in [0.05, 0.1) is 0 Å². The number of H-pyrrole nitrogens is 1. The van der Waals surface area contributed by atoms with Crippen LogP contribution >= 0.6 is 0 Å². The van der Waals surface area contributed by atoms with Gasteiger partial charge in [0.2, 0.25) is 5.88 Å². The number of hydrogen-bond acceptors (Lipinski definition) is 3. The van der Waals surface area contributed by atoms with Crippen LogP contribution in [0, 0.1) is 6.92 Å². The van der Waals surface area contributed by atoms with Crippen LogP contribution in [0.4, 0.5) is 13.2 Å². The van der Waals surface area contributed by atoms with Gasteiger partial charge >= 0.3 is 6.36 Å². The Hall–Kier alpha value is -1.50. The van der Waals surface area contributed by atoms with Crippen molar-refractivity contribution in [1.29, 1.82) is 0 Å². The Kier molecular flexibility index (Phi) is 3.04. The molecule has 0 saturated heterocycles. The molecular formula is C8H9F3N2O2. The van der Waals surface area contributed by atoms with E-state index in [9.17, 15) is 18.0 Å². The second kappa shape index (κ2) is 3.93. The van der Waals surface area contributed by atoms with E-state index in [1.54, 1.807) is 0 Å². The molecule has 0 saturated carbocycles. The van der Waals surface area contributed by atoms with Crippen molar-refractivity contribution in [3.05, 3.63) is 27.5 Å². The van der Waals surface area contributed by atoms with E-state index >= 15 is 0 Å². The number of nitrogens with one attached hydrogen (secondary N) is 1. The minimum absolute atomic E-state index is 0.0343. The highest BCUT2D eigenvalue weighted by Gasteiger charge is 2.31. The summed E-state index contributed by atoms with van der Waals surface area (Å²) in [5, 5.41) is 0. The fraction of sp³-hybridized carbons (Fsp3) is 0.375. The minimum atomic E-state index is -4.82. The van der Waals surface area contributed by atoms with Gasteiger partial charge in [-0.15, -0.1) is 13.2 Å². The molecule has 0 atom stereocenters. The van der Waals surface area contributed by atoms with Gasteiger partial charge in [0, 0.05) is 23.9 Å². The van der Waals surface area contributed by atoms with E-state index in [-0.39, 0.29) is 17.8 Å². The van der Waals surface area contributed by atoms with Gasteiger partial charge in [0.1, 0.15) is 0 Å². The molecule has 0 radical (unpaired) electrons. The maximum absolute atomic E-state index is 11.8. The quantitative estimate of drug-likeness (QED) is 0.785. The molecule has 0 unspecified atom stereocenters. The summed E-state index contributed by atoms with van der Waals surface area (Å²) >= 11 is 0. The smallest absolute Gasteiger partial charge is 0.390 e. The molecule has 0 fully saturated rings. The molecule has 0 spiro atoms. The Morgan fingerprint density at radius 2 is 2.13 bits per heavy atom. The third-order valence-electron chi connectivity index (χ3n) is 1.75. The van der Waals surface area contributed by atoms with Gasteiger partial charge < -0.3 is 15.5 Å². The maximum atomic E-state index is 11.8. The van der Waals surface area contributed by atoms with Crippen LogP contribution in [-0.4, -0.2) is 11.3 Å². The lowest BCUT2D eigenvalue weighted by molar-refractivity contribution is -0.276.